The highest BCUT2D eigenvalue weighted by molar-refractivity contribution is 5.89. The molecule has 9 nitrogen and oxygen atoms in total. The van der Waals surface area contributed by atoms with Crippen LogP contribution >= 0.6 is 0 Å². The van der Waals surface area contributed by atoms with E-state index in [9.17, 15) is 9.18 Å². The van der Waals surface area contributed by atoms with Crippen molar-refractivity contribution in [2.24, 2.45) is 5.73 Å². The number of aryl methyl sites for hydroxylation is 1. The van der Waals surface area contributed by atoms with Gasteiger partial charge in [0, 0.05) is 43.7 Å². The molecule has 1 atom stereocenters. The fourth-order valence-electron chi connectivity index (χ4n) is 4.57. The predicted octanol–water partition coefficient (Wildman–Crippen LogP) is 4.70. The molecular weight excluding hydrogens is 497 g/mol. The van der Waals surface area contributed by atoms with Gasteiger partial charge < -0.3 is 15.4 Å². The zero-order valence-corrected chi connectivity index (χ0v) is 22.5. The molecule has 2 aromatic carbocycles. The summed E-state index contributed by atoms with van der Waals surface area (Å²) in [4.78, 5) is 22.1. The molecule has 3 heterocycles. The molecule has 1 unspecified atom stereocenters. The van der Waals surface area contributed by atoms with Crippen molar-refractivity contribution >= 4 is 11.8 Å². The van der Waals surface area contributed by atoms with Crippen molar-refractivity contribution in [2.75, 3.05) is 38.7 Å². The van der Waals surface area contributed by atoms with E-state index in [4.69, 9.17) is 10.5 Å². The smallest absolute Gasteiger partial charge is 0.317 e. The van der Waals surface area contributed by atoms with Gasteiger partial charge in [0.1, 0.15) is 23.2 Å². The number of carbonyl (C=O) groups excluding carboxylic acids is 1. The number of ether oxygens (including phenoxy) is 1. The number of benzene rings is 2. The van der Waals surface area contributed by atoms with Crippen LogP contribution in [0.15, 0.2) is 67.0 Å². The molecule has 0 radical (unpaired) electrons. The number of hydrogen-bond acceptors (Lipinski definition) is 6. The number of rotatable bonds is 7. The first-order chi connectivity index (χ1) is 18.9. The van der Waals surface area contributed by atoms with Gasteiger partial charge in [0.2, 0.25) is 0 Å². The number of nitrogens with zero attached hydrogens (tertiary/aromatic N) is 5. The maximum absolute atomic E-state index is 12.8. The second kappa shape index (κ2) is 13.1. The van der Waals surface area contributed by atoms with Gasteiger partial charge in [-0.1, -0.05) is 30.3 Å². The Morgan fingerprint density at radius 3 is 2.44 bits per heavy atom. The molecule has 1 fully saturated rings. The van der Waals surface area contributed by atoms with E-state index in [2.05, 4.69) is 25.3 Å². The SMILES string of the molecule is COCCN1CCC(c2ccc(F)cc2)C1.Cc1ncc(-c2nn(-c3ccccc3)c(NC(N)=O)c2C)cn1. The Kier molecular flexibility index (Phi) is 9.35. The molecule has 39 heavy (non-hydrogen) atoms. The molecule has 0 aliphatic carbocycles. The summed E-state index contributed by atoms with van der Waals surface area (Å²) < 4.78 is 19.5. The van der Waals surface area contributed by atoms with Crippen LogP contribution in [0, 0.1) is 19.7 Å². The van der Waals surface area contributed by atoms with Crippen LogP contribution in [-0.2, 0) is 4.74 Å². The Morgan fingerprint density at radius 1 is 1.10 bits per heavy atom. The summed E-state index contributed by atoms with van der Waals surface area (Å²) in [6.07, 6.45) is 4.58. The Bertz CT molecular complexity index is 1360. The molecule has 1 aliphatic rings. The van der Waals surface area contributed by atoms with Crippen LogP contribution in [0.4, 0.5) is 15.0 Å². The molecule has 5 rings (SSSR count). The third kappa shape index (κ3) is 7.24. The van der Waals surface area contributed by atoms with E-state index >= 15 is 0 Å². The van der Waals surface area contributed by atoms with Gasteiger partial charge in [-0.3, -0.25) is 5.32 Å². The van der Waals surface area contributed by atoms with Crippen LogP contribution in [0.1, 0.15) is 29.3 Å². The summed E-state index contributed by atoms with van der Waals surface area (Å²) >= 11 is 0. The number of aromatic nitrogens is 4. The number of nitrogens with two attached hydrogens (primary N) is 1. The topological polar surface area (TPSA) is 111 Å². The number of carbonyl (C=O) groups is 1. The number of anilines is 1. The maximum atomic E-state index is 12.8. The van der Waals surface area contributed by atoms with Crippen molar-refractivity contribution in [1.82, 2.24) is 24.6 Å². The second-order valence-electron chi connectivity index (χ2n) is 9.41. The molecule has 3 N–H and O–H groups in total. The van der Waals surface area contributed by atoms with Crippen LogP contribution in [0.3, 0.4) is 0 Å². The van der Waals surface area contributed by atoms with Crippen molar-refractivity contribution in [1.29, 1.82) is 0 Å². The summed E-state index contributed by atoms with van der Waals surface area (Å²) in [5, 5.41) is 7.24. The van der Waals surface area contributed by atoms with E-state index in [0.717, 1.165) is 49.5 Å². The predicted molar refractivity (Wildman–Crippen MR) is 149 cm³/mol. The number of primary amides is 1. The molecule has 2 amide bonds. The van der Waals surface area contributed by atoms with Crippen molar-refractivity contribution in [2.45, 2.75) is 26.2 Å². The minimum absolute atomic E-state index is 0.155. The van der Waals surface area contributed by atoms with Crippen LogP contribution in [0.5, 0.6) is 0 Å². The molecule has 10 heteroatoms. The molecule has 1 aliphatic heterocycles. The lowest BCUT2D eigenvalue weighted by Crippen LogP contribution is -2.24. The fraction of sp³-hybridized carbons (Fsp3) is 0.310. The molecular formula is C29H34FN7O2. The van der Waals surface area contributed by atoms with E-state index in [0.29, 0.717) is 23.3 Å². The van der Waals surface area contributed by atoms with Crippen molar-refractivity contribution < 1.29 is 13.9 Å². The van der Waals surface area contributed by atoms with Crippen molar-refractivity contribution in [3.05, 3.63) is 89.8 Å². The summed E-state index contributed by atoms with van der Waals surface area (Å²) in [6.45, 7) is 7.65. The highest BCUT2D eigenvalue weighted by atomic mass is 19.1. The van der Waals surface area contributed by atoms with Crippen LogP contribution in [-0.4, -0.2) is 64.0 Å². The molecule has 0 saturated carbocycles. The molecule has 0 spiro atoms. The van der Waals surface area contributed by atoms with Gasteiger partial charge in [-0.15, -0.1) is 0 Å². The number of para-hydroxylation sites is 1. The standard InChI is InChI=1S/C16H16N6O.C13H18FNO/c1-10-14(12-8-18-11(2)19-9-12)21-22(15(10)20-16(17)23)13-6-4-3-5-7-13;1-16-9-8-15-7-6-12(10-15)11-2-4-13(14)5-3-11/h3-9H,1-2H3,(H3,17,20,23);2-5,12H,6-10H2,1H3. The number of hydrogen-bond donors (Lipinski definition) is 2. The first-order valence-electron chi connectivity index (χ1n) is 12.8. The van der Waals surface area contributed by atoms with Crippen LogP contribution < -0.4 is 11.1 Å². The highest BCUT2D eigenvalue weighted by Crippen LogP contribution is 2.30. The normalized spacial score (nSPS) is 15.0. The average molecular weight is 532 g/mol. The van der Waals surface area contributed by atoms with E-state index in [1.54, 1.807) is 36.3 Å². The quantitative estimate of drug-likeness (QED) is 0.358. The fourth-order valence-corrected chi connectivity index (χ4v) is 4.57. The second-order valence-corrected chi connectivity index (χ2v) is 9.41. The number of halogens is 1. The van der Waals surface area contributed by atoms with Gasteiger partial charge in [-0.05, 0) is 62.6 Å². The summed E-state index contributed by atoms with van der Waals surface area (Å²) in [5.41, 5.74) is 9.62. The van der Waals surface area contributed by atoms with Gasteiger partial charge >= 0.3 is 6.03 Å². The molecule has 1 saturated heterocycles. The number of amides is 2. The van der Waals surface area contributed by atoms with E-state index in [-0.39, 0.29) is 5.82 Å². The highest BCUT2D eigenvalue weighted by Gasteiger charge is 2.23. The molecule has 204 valence electrons. The Labute approximate surface area is 227 Å². The lowest BCUT2D eigenvalue weighted by atomic mass is 9.99. The third-order valence-electron chi connectivity index (χ3n) is 6.64. The average Bonchev–Trinajstić information content (AvgIpc) is 3.54. The Balaban J connectivity index is 0.000000193. The van der Waals surface area contributed by atoms with Gasteiger partial charge in [-0.2, -0.15) is 5.10 Å². The largest absolute Gasteiger partial charge is 0.383 e. The van der Waals surface area contributed by atoms with Gasteiger partial charge in [-0.25, -0.2) is 23.8 Å². The first-order valence-corrected chi connectivity index (χ1v) is 12.8. The number of nitrogens with one attached hydrogen (secondary N) is 1. The number of urea groups is 1. The maximum Gasteiger partial charge on any atom is 0.317 e. The minimum atomic E-state index is -0.642. The first kappa shape index (κ1) is 27.9. The summed E-state index contributed by atoms with van der Waals surface area (Å²) in [5.74, 6) is 1.61. The molecule has 2 aromatic heterocycles. The Hall–Kier alpha value is -4.15. The van der Waals surface area contributed by atoms with Crippen molar-refractivity contribution in [3.8, 4) is 16.9 Å². The van der Waals surface area contributed by atoms with E-state index < -0.39 is 6.03 Å². The third-order valence-corrected chi connectivity index (χ3v) is 6.64. The Morgan fingerprint density at radius 2 is 1.79 bits per heavy atom. The van der Waals surface area contributed by atoms with Crippen molar-refractivity contribution in [3.63, 3.8) is 0 Å². The van der Waals surface area contributed by atoms with Gasteiger partial charge in [0.05, 0.1) is 12.3 Å². The zero-order chi connectivity index (χ0) is 27.8. The number of methoxy groups -OCH3 is 1. The minimum Gasteiger partial charge on any atom is -0.383 e. The lowest BCUT2D eigenvalue weighted by Gasteiger charge is -2.15. The van der Waals surface area contributed by atoms with E-state index in [1.807, 2.05) is 56.3 Å². The van der Waals surface area contributed by atoms with Crippen LogP contribution in [0.25, 0.3) is 16.9 Å². The van der Waals surface area contributed by atoms with Crippen LogP contribution in [0.2, 0.25) is 0 Å². The summed E-state index contributed by atoms with van der Waals surface area (Å²) in [7, 11) is 1.73. The number of likely N-dealkylation sites (tertiary alicyclic amines) is 1. The van der Waals surface area contributed by atoms with E-state index in [1.165, 1.54) is 5.56 Å². The summed E-state index contributed by atoms with van der Waals surface area (Å²) in [6, 6.07) is 15.8. The zero-order valence-electron chi connectivity index (χ0n) is 22.5. The molecule has 4 aromatic rings. The molecule has 0 bridgehead atoms. The lowest BCUT2D eigenvalue weighted by molar-refractivity contribution is 0.160. The van der Waals surface area contributed by atoms with Gasteiger partial charge in [0.15, 0.2) is 0 Å². The van der Waals surface area contributed by atoms with Gasteiger partial charge in [0.25, 0.3) is 0 Å². The monoisotopic (exact) mass is 531 g/mol.